The highest BCUT2D eigenvalue weighted by Gasteiger charge is 2.01. The fraction of sp³-hybridized carbons (Fsp3) is 0.700. The first-order valence-electron chi connectivity index (χ1n) is 4.77. The average molecular weight is 184 g/mol. The third-order valence-electron chi connectivity index (χ3n) is 1.95. The molecule has 0 aromatic carbocycles. The number of methoxy groups -OCH3 is 1. The molecule has 0 saturated heterocycles. The number of nitrogens with one attached hydrogen (secondary N) is 2. The van der Waals surface area contributed by atoms with Gasteiger partial charge in [0.15, 0.2) is 0 Å². The summed E-state index contributed by atoms with van der Waals surface area (Å²) >= 11 is 0. The van der Waals surface area contributed by atoms with Crippen LogP contribution in [0.4, 0.5) is 0 Å². The van der Waals surface area contributed by atoms with Gasteiger partial charge >= 0.3 is 0 Å². The van der Waals surface area contributed by atoms with E-state index in [0.717, 1.165) is 25.8 Å². The first-order chi connectivity index (χ1) is 6.35. The van der Waals surface area contributed by atoms with Gasteiger partial charge in [0, 0.05) is 19.9 Å². The van der Waals surface area contributed by atoms with Crippen LogP contribution in [0.2, 0.25) is 0 Å². The third-order valence-corrected chi connectivity index (χ3v) is 1.95. The molecule has 76 valence electrons. The molecular weight excluding hydrogens is 164 g/mol. The maximum Gasteiger partial charge on any atom is 0.0569 e. The first-order valence-corrected chi connectivity index (χ1v) is 4.77. The Morgan fingerprint density at radius 3 is 2.85 bits per heavy atom. The summed E-state index contributed by atoms with van der Waals surface area (Å²) in [5.74, 6) is 0. The Balaban J connectivity index is 3.23. The minimum Gasteiger partial charge on any atom is -0.391 e. The maximum absolute atomic E-state index is 6.74. The van der Waals surface area contributed by atoms with E-state index in [1.54, 1.807) is 19.4 Å². The fourth-order valence-corrected chi connectivity index (χ4v) is 1.12. The van der Waals surface area contributed by atoms with Crippen LogP contribution >= 0.6 is 0 Å². The Kier molecular flexibility index (Phi) is 8.67. The quantitative estimate of drug-likeness (QED) is 0.447. The second-order valence-corrected chi connectivity index (χ2v) is 2.89. The molecule has 1 atom stereocenters. The first kappa shape index (κ1) is 12.2. The zero-order chi connectivity index (χ0) is 9.94. The van der Waals surface area contributed by atoms with Crippen molar-refractivity contribution in [2.75, 3.05) is 13.7 Å². The number of allylic oxidation sites excluding steroid dienone is 1. The lowest BCUT2D eigenvalue weighted by Crippen LogP contribution is -2.13. The lowest BCUT2D eigenvalue weighted by atomic mass is 10.1. The second kappa shape index (κ2) is 9.26. The summed E-state index contributed by atoms with van der Waals surface area (Å²) in [5.41, 5.74) is 0. The van der Waals surface area contributed by atoms with Gasteiger partial charge in [-0.25, -0.2) is 0 Å². The molecule has 3 heteroatoms. The maximum atomic E-state index is 6.74. The second-order valence-electron chi connectivity index (χ2n) is 2.89. The van der Waals surface area contributed by atoms with E-state index in [9.17, 15) is 0 Å². The van der Waals surface area contributed by atoms with Crippen LogP contribution in [0, 0.1) is 5.41 Å². The van der Waals surface area contributed by atoms with Gasteiger partial charge in [-0.15, -0.1) is 0 Å². The topological polar surface area (TPSA) is 45.1 Å². The Morgan fingerprint density at radius 2 is 2.31 bits per heavy atom. The van der Waals surface area contributed by atoms with E-state index in [1.807, 2.05) is 0 Å². The standard InChI is InChI=1S/C10H20N2O/c1-3-10(13-2)6-4-8-12-9-5-7-11/h5,7,9-12H,3-4,6,8H2,1-2H3/b9-5-,11-7?/t10-/m1/s1. The van der Waals surface area contributed by atoms with Gasteiger partial charge in [-0.3, -0.25) is 0 Å². The summed E-state index contributed by atoms with van der Waals surface area (Å²) in [5, 5.41) is 9.84. The van der Waals surface area contributed by atoms with Crippen LogP contribution in [-0.4, -0.2) is 26.0 Å². The molecule has 0 aromatic rings. The molecule has 2 N–H and O–H groups in total. The summed E-state index contributed by atoms with van der Waals surface area (Å²) in [6.07, 6.45) is 8.40. The van der Waals surface area contributed by atoms with Crippen LogP contribution in [-0.2, 0) is 4.74 Å². The van der Waals surface area contributed by atoms with E-state index < -0.39 is 0 Å². The zero-order valence-corrected chi connectivity index (χ0v) is 8.55. The SMILES string of the molecule is CC[C@H](CCCN/C=C\C=N)OC. The molecule has 0 bridgehead atoms. The molecule has 3 nitrogen and oxygen atoms in total. The molecule has 0 rings (SSSR count). The summed E-state index contributed by atoms with van der Waals surface area (Å²) in [4.78, 5) is 0. The molecule has 0 aromatic heterocycles. The highest BCUT2D eigenvalue weighted by Crippen LogP contribution is 2.03. The van der Waals surface area contributed by atoms with Crippen LogP contribution in [0.25, 0.3) is 0 Å². The van der Waals surface area contributed by atoms with Gasteiger partial charge < -0.3 is 15.5 Å². The van der Waals surface area contributed by atoms with Crippen LogP contribution in [0.15, 0.2) is 12.3 Å². The van der Waals surface area contributed by atoms with Crippen LogP contribution in [0.5, 0.6) is 0 Å². The molecule has 0 aliphatic rings. The molecule has 13 heavy (non-hydrogen) atoms. The molecule has 0 unspecified atom stereocenters. The van der Waals surface area contributed by atoms with Crippen molar-refractivity contribution in [2.45, 2.75) is 32.3 Å². The van der Waals surface area contributed by atoms with Crippen molar-refractivity contribution in [3.05, 3.63) is 12.3 Å². The molecular formula is C10H20N2O. The average Bonchev–Trinajstić information content (AvgIpc) is 2.17. The molecule has 0 aliphatic carbocycles. The van der Waals surface area contributed by atoms with Gasteiger partial charge in [0.1, 0.15) is 0 Å². The van der Waals surface area contributed by atoms with Gasteiger partial charge in [-0.05, 0) is 31.5 Å². The third kappa shape index (κ3) is 7.53. The zero-order valence-electron chi connectivity index (χ0n) is 8.55. The highest BCUT2D eigenvalue weighted by atomic mass is 16.5. The predicted octanol–water partition coefficient (Wildman–Crippen LogP) is 1.94. The molecule has 0 amide bonds. The normalized spacial score (nSPS) is 13.1. The minimum atomic E-state index is 0.397. The summed E-state index contributed by atoms with van der Waals surface area (Å²) < 4.78 is 5.25. The van der Waals surface area contributed by atoms with Crippen molar-refractivity contribution in [3.8, 4) is 0 Å². The van der Waals surface area contributed by atoms with Crippen molar-refractivity contribution >= 4 is 6.21 Å². The highest BCUT2D eigenvalue weighted by molar-refractivity contribution is 5.67. The number of rotatable bonds is 8. The molecule has 0 saturated carbocycles. The summed E-state index contributed by atoms with van der Waals surface area (Å²) in [6.45, 7) is 3.08. The van der Waals surface area contributed by atoms with Gasteiger partial charge in [0.2, 0.25) is 0 Å². The Hall–Kier alpha value is -0.830. The summed E-state index contributed by atoms with van der Waals surface area (Å²) in [7, 11) is 1.76. The van der Waals surface area contributed by atoms with E-state index in [0.29, 0.717) is 6.10 Å². The van der Waals surface area contributed by atoms with Crippen LogP contribution in [0.3, 0.4) is 0 Å². The van der Waals surface area contributed by atoms with Crippen molar-refractivity contribution in [3.63, 3.8) is 0 Å². The molecule has 0 aliphatic heterocycles. The van der Waals surface area contributed by atoms with Gasteiger partial charge in [-0.1, -0.05) is 6.92 Å². The van der Waals surface area contributed by atoms with E-state index in [4.69, 9.17) is 10.1 Å². The van der Waals surface area contributed by atoms with Crippen molar-refractivity contribution in [1.82, 2.24) is 5.32 Å². The molecule has 0 radical (unpaired) electrons. The summed E-state index contributed by atoms with van der Waals surface area (Å²) in [6, 6.07) is 0. The lowest BCUT2D eigenvalue weighted by Gasteiger charge is -2.11. The van der Waals surface area contributed by atoms with Crippen molar-refractivity contribution < 1.29 is 4.74 Å². The Bertz CT molecular complexity index is 142. The van der Waals surface area contributed by atoms with Gasteiger partial charge in [0.05, 0.1) is 6.10 Å². The number of hydrogen-bond donors (Lipinski definition) is 2. The van der Waals surface area contributed by atoms with E-state index in [-0.39, 0.29) is 0 Å². The Morgan fingerprint density at radius 1 is 1.54 bits per heavy atom. The molecule has 0 fully saturated rings. The van der Waals surface area contributed by atoms with E-state index in [1.165, 1.54) is 6.21 Å². The van der Waals surface area contributed by atoms with Gasteiger partial charge in [-0.2, -0.15) is 0 Å². The smallest absolute Gasteiger partial charge is 0.0569 e. The van der Waals surface area contributed by atoms with E-state index in [2.05, 4.69) is 12.2 Å². The number of ether oxygens (including phenoxy) is 1. The van der Waals surface area contributed by atoms with Crippen LogP contribution in [0.1, 0.15) is 26.2 Å². The van der Waals surface area contributed by atoms with Crippen LogP contribution < -0.4 is 5.32 Å². The predicted molar refractivity (Wildman–Crippen MR) is 56.2 cm³/mol. The van der Waals surface area contributed by atoms with E-state index >= 15 is 0 Å². The number of hydrogen-bond acceptors (Lipinski definition) is 3. The molecule has 0 heterocycles. The van der Waals surface area contributed by atoms with Gasteiger partial charge in [0.25, 0.3) is 0 Å². The largest absolute Gasteiger partial charge is 0.391 e. The monoisotopic (exact) mass is 184 g/mol. The minimum absolute atomic E-state index is 0.397. The Labute approximate surface area is 80.7 Å². The fourth-order valence-electron chi connectivity index (χ4n) is 1.12. The van der Waals surface area contributed by atoms with Crippen molar-refractivity contribution in [2.24, 2.45) is 0 Å². The molecule has 0 spiro atoms. The van der Waals surface area contributed by atoms with Crippen molar-refractivity contribution in [1.29, 1.82) is 5.41 Å². The lowest BCUT2D eigenvalue weighted by molar-refractivity contribution is 0.0906.